The summed E-state index contributed by atoms with van der Waals surface area (Å²) in [5.74, 6) is -0.231. The van der Waals surface area contributed by atoms with E-state index in [2.05, 4.69) is 10.2 Å². The van der Waals surface area contributed by atoms with Gasteiger partial charge in [0, 0.05) is 12.4 Å². The highest BCUT2D eigenvalue weighted by atomic mass is 32.3. The SMILES string of the molecule is CN=Nc1c(S(O)(O)O)cc2cccc(C)c2c1O. The predicted molar refractivity (Wildman–Crippen MR) is 74.5 cm³/mol. The molecule has 7 heteroatoms. The van der Waals surface area contributed by atoms with Gasteiger partial charge in [0.25, 0.3) is 0 Å². The molecule has 0 fully saturated rings. The Morgan fingerprint density at radius 1 is 1.16 bits per heavy atom. The van der Waals surface area contributed by atoms with Crippen molar-refractivity contribution in [2.45, 2.75) is 11.8 Å². The third kappa shape index (κ3) is 2.41. The Morgan fingerprint density at radius 2 is 1.84 bits per heavy atom. The third-order valence-corrected chi connectivity index (χ3v) is 3.68. The lowest BCUT2D eigenvalue weighted by Gasteiger charge is -2.22. The van der Waals surface area contributed by atoms with Crippen molar-refractivity contribution >= 4 is 27.3 Å². The quantitative estimate of drug-likeness (QED) is 0.621. The van der Waals surface area contributed by atoms with Gasteiger partial charge in [0.2, 0.25) is 0 Å². The first-order valence-electron chi connectivity index (χ1n) is 5.42. The van der Waals surface area contributed by atoms with Crippen molar-refractivity contribution in [3.8, 4) is 5.75 Å². The Labute approximate surface area is 111 Å². The van der Waals surface area contributed by atoms with Gasteiger partial charge in [-0.1, -0.05) is 18.2 Å². The molecule has 0 amide bonds. The minimum atomic E-state index is -4.00. The second-order valence-corrected chi connectivity index (χ2v) is 5.54. The summed E-state index contributed by atoms with van der Waals surface area (Å²) in [6, 6.07) is 6.67. The van der Waals surface area contributed by atoms with Gasteiger partial charge in [0.1, 0.15) is 16.6 Å². The average molecular weight is 282 g/mol. The van der Waals surface area contributed by atoms with Crippen LogP contribution < -0.4 is 0 Å². The minimum absolute atomic E-state index is 0.133. The number of nitrogens with zero attached hydrogens (tertiary/aromatic N) is 2. The minimum Gasteiger partial charge on any atom is -0.505 e. The fraction of sp³-hybridized carbons (Fsp3) is 0.167. The number of hydrogen-bond donors (Lipinski definition) is 4. The number of rotatable bonds is 2. The highest BCUT2D eigenvalue weighted by molar-refractivity contribution is 8.19. The maximum atomic E-state index is 10.2. The summed E-state index contributed by atoms with van der Waals surface area (Å²) in [7, 11) is -2.61. The molecule has 0 spiro atoms. The smallest absolute Gasteiger partial charge is 0.152 e. The number of hydrogen-bond acceptors (Lipinski definition) is 6. The molecule has 102 valence electrons. The molecule has 0 saturated heterocycles. The molecule has 0 aromatic heterocycles. The fourth-order valence-corrected chi connectivity index (χ4v) is 2.67. The van der Waals surface area contributed by atoms with E-state index in [1.54, 1.807) is 12.1 Å². The molecule has 0 heterocycles. The predicted octanol–water partition coefficient (Wildman–Crippen LogP) is 4.15. The lowest BCUT2D eigenvalue weighted by Crippen LogP contribution is -1.97. The maximum Gasteiger partial charge on any atom is 0.152 e. The molecule has 0 radical (unpaired) electrons. The van der Waals surface area contributed by atoms with Crippen LogP contribution in [0.25, 0.3) is 10.8 Å². The van der Waals surface area contributed by atoms with Gasteiger partial charge in [-0.15, -0.1) is 0 Å². The summed E-state index contributed by atoms with van der Waals surface area (Å²) in [5.41, 5.74) is 0.676. The summed E-state index contributed by atoms with van der Waals surface area (Å²) < 4.78 is 28.3. The van der Waals surface area contributed by atoms with Crippen molar-refractivity contribution < 1.29 is 18.8 Å². The van der Waals surface area contributed by atoms with Gasteiger partial charge in [-0.05, 0) is 23.9 Å². The topological polar surface area (TPSA) is 106 Å². The van der Waals surface area contributed by atoms with Crippen LogP contribution in [-0.4, -0.2) is 25.8 Å². The molecule has 0 aliphatic rings. The summed E-state index contributed by atoms with van der Waals surface area (Å²) in [4.78, 5) is -0.242. The normalized spacial score (nSPS) is 13.3. The summed E-state index contributed by atoms with van der Waals surface area (Å²) in [6.07, 6.45) is 0. The molecule has 0 saturated carbocycles. The number of fused-ring (bicyclic) bond motifs is 1. The number of phenols is 1. The number of aryl methyl sites for hydroxylation is 1. The molecular formula is C12H14N2O4S. The summed E-state index contributed by atoms with van der Waals surface area (Å²) >= 11 is 0. The van der Waals surface area contributed by atoms with Gasteiger partial charge < -0.3 is 18.8 Å². The van der Waals surface area contributed by atoms with Crippen molar-refractivity contribution in [1.82, 2.24) is 0 Å². The molecule has 19 heavy (non-hydrogen) atoms. The lowest BCUT2D eigenvalue weighted by molar-refractivity contribution is 0.375. The van der Waals surface area contributed by atoms with Crippen LogP contribution in [0.4, 0.5) is 5.69 Å². The zero-order valence-electron chi connectivity index (χ0n) is 10.4. The first-order valence-corrected chi connectivity index (χ1v) is 6.92. The van der Waals surface area contributed by atoms with E-state index in [0.29, 0.717) is 10.8 Å². The van der Waals surface area contributed by atoms with Crippen molar-refractivity contribution in [2.75, 3.05) is 7.05 Å². The molecule has 2 rings (SSSR count). The van der Waals surface area contributed by atoms with E-state index in [1.165, 1.54) is 13.1 Å². The summed E-state index contributed by atoms with van der Waals surface area (Å²) in [5, 5.41) is 18.6. The zero-order chi connectivity index (χ0) is 14.2. The van der Waals surface area contributed by atoms with Gasteiger partial charge >= 0.3 is 0 Å². The van der Waals surface area contributed by atoms with Crippen LogP contribution in [0.2, 0.25) is 0 Å². The van der Waals surface area contributed by atoms with Crippen molar-refractivity contribution in [3.05, 3.63) is 29.8 Å². The Morgan fingerprint density at radius 3 is 2.42 bits per heavy atom. The summed E-state index contributed by atoms with van der Waals surface area (Å²) in [6.45, 7) is 1.81. The lowest BCUT2D eigenvalue weighted by atomic mass is 10.0. The van der Waals surface area contributed by atoms with Crippen molar-refractivity contribution in [1.29, 1.82) is 0 Å². The van der Waals surface area contributed by atoms with Crippen LogP contribution in [0.3, 0.4) is 0 Å². The van der Waals surface area contributed by atoms with Gasteiger partial charge in [0.05, 0.1) is 4.90 Å². The van der Waals surface area contributed by atoms with Crippen LogP contribution in [0.1, 0.15) is 5.56 Å². The maximum absolute atomic E-state index is 10.2. The molecular weight excluding hydrogens is 268 g/mol. The molecule has 0 aliphatic heterocycles. The van der Waals surface area contributed by atoms with Gasteiger partial charge in [-0.25, -0.2) is 0 Å². The Kier molecular flexibility index (Phi) is 3.46. The zero-order valence-corrected chi connectivity index (χ0v) is 11.2. The van der Waals surface area contributed by atoms with E-state index in [0.717, 1.165) is 5.56 Å². The van der Waals surface area contributed by atoms with Gasteiger partial charge in [-0.2, -0.15) is 10.2 Å². The Bertz CT molecular complexity index is 665. The fourth-order valence-electron chi connectivity index (χ4n) is 1.98. The van der Waals surface area contributed by atoms with E-state index in [4.69, 9.17) is 0 Å². The number of azo groups is 1. The van der Waals surface area contributed by atoms with Crippen LogP contribution in [-0.2, 0) is 0 Å². The second kappa shape index (κ2) is 4.78. The molecule has 2 aromatic carbocycles. The largest absolute Gasteiger partial charge is 0.505 e. The van der Waals surface area contributed by atoms with Crippen molar-refractivity contribution in [3.63, 3.8) is 0 Å². The van der Waals surface area contributed by atoms with E-state index in [9.17, 15) is 18.8 Å². The Balaban J connectivity index is 2.94. The molecule has 6 nitrogen and oxygen atoms in total. The van der Waals surface area contributed by atoms with Crippen LogP contribution >= 0.6 is 10.9 Å². The number of aromatic hydroxyl groups is 1. The van der Waals surface area contributed by atoms with Crippen LogP contribution in [0.15, 0.2) is 39.4 Å². The molecule has 2 aromatic rings. The van der Waals surface area contributed by atoms with E-state index in [1.807, 2.05) is 13.0 Å². The first kappa shape index (κ1) is 13.8. The van der Waals surface area contributed by atoms with E-state index in [-0.39, 0.29) is 16.3 Å². The number of benzene rings is 2. The molecule has 0 aliphatic carbocycles. The number of phenolic OH excluding ortho intramolecular Hbond substituents is 1. The third-order valence-electron chi connectivity index (χ3n) is 2.78. The van der Waals surface area contributed by atoms with Crippen LogP contribution in [0, 0.1) is 6.92 Å². The second-order valence-electron chi connectivity index (χ2n) is 4.06. The molecule has 0 atom stereocenters. The van der Waals surface area contributed by atoms with E-state index >= 15 is 0 Å². The highest BCUT2D eigenvalue weighted by Gasteiger charge is 2.25. The monoisotopic (exact) mass is 282 g/mol. The molecule has 0 unspecified atom stereocenters. The molecule has 4 N–H and O–H groups in total. The van der Waals surface area contributed by atoms with Crippen LogP contribution in [0.5, 0.6) is 5.75 Å². The van der Waals surface area contributed by atoms with Crippen molar-refractivity contribution in [2.24, 2.45) is 10.2 Å². The first-order chi connectivity index (χ1) is 8.86. The standard InChI is InChI=1S/C12H14N2O4S/c1-7-4-3-5-8-6-9(19(16,17)18)11(14-13-2)12(15)10(7)8/h3-6,15-18H,1-2H3. The average Bonchev–Trinajstić information content (AvgIpc) is 2.31. The van der Waals surface area contributed by atoms with Gasteiger partial charge in [0.15, 0.2) is 5.75 Å². The van der Waals surface area contributed by atoms with Gasteiger partial charge in [-0.3, -0.25) is 0 Å². The highest BCUT2D eigenvalue weighted by Crippen LogP contribution is 2.54. The molecule has 0 bridgehead atoms. The van der Waals surface area contributed by atoms with E-state index < -0.39 is 10.9 Å². The Hall–Kier alpha value is -1.67.